The summed E-state index contributed by atoms with van der Waals surface area (Å²) in [6.45, 7) is 4.05. The van der Waals surface area contributed by atoms with E-state index in [-0.39, 0.29) is 12.5 Å². The number of anilines is 3. The van der Waals surface area contributed by atoms with Gasteiger partial charge in [-0.15, -0.1) is 0 Å². The summed E-state index contributed by atoms with van der Waals surface area (Å²) >= 11 is 0. The van der Waals surface area contributed by atoms with Crippen LogP contribution >= 0.6 is 0 Å². The molecule has 3 rings (SSSR count). The molecule has 1 amide bonds. The third-order valence-electron chi connectivity index (χ3n) is 3.98. The van der Waals surface area contributed by atoms with E-state index in [1.165, 1.54) is 5.56 Å². The molecular formula is C22H22N2O2. The standard InChI is InChI=1S/C22H22N2O2/c1-16-7-13-20(14-8-16)26-15-22(25)24-19-11-9-18(10-12-19)23-21-6-4-3-5-17(21)2/h3-14,23H,15H2,1-2H3,(H,24,25). The Morgan fingerprint density at radius 1 is 0.846 bits per heavy atom. The average molecular weight is 346 g/mol. The minimum absolute atomic E-state index is 0.0216. The Bertz CT molecular complexity index is 871. The Balaban J connectivity index is 1.52. The zero-order chi connectivity index (χ0) is 18.4. The Hall–Kier alpha value is -3.27. The van der Waals surface area contributed by atoms with E-state index < -0.39 is 0 Å². The lowest BCUT2D eigenvalue weighted by atomic mass is 10.2. The van der Waals surface area contributed by atoms with Gasteiger partial charge in [-0.3, -0.25) is 4.79 Å². The molecule has 3 aromatic rings. The van der Waals surface area contributed by atoms with Crippen LogP contribution in [0, 0.1) is 13.8 Å². The van der Waals surface area contributed by atoms with Crippen molar-refractivity contribution in [3.8, 4) is 5.75 Å². The molecule has 0 radical (unpaired) electrons. The lowest BCUT2D eigenvalue weighted by molar-refractivity contribution is -0.118. The van der Waals surface area contributed by atoms with E-state index in [0.29, 0.717) is 5.75 Å². The van der Waals surface area contributed by atoms with Crippen molar-refractivity contribution in [2.45, 2.75) is 13.8 Å². The number of benzene rings is 3. The second-order valence-electron chi connectivity index (χ2n) is 6.17. The predicted molar refractivity (Wildman–Crippen MR) is 106 cm³/mol. The molecule has 0 bridgehead atoms. The number of amides is 1. The molecule has 0 heterocycles. The van der Waals surface area contributed by atoms with Gasteiger partial charge in [-0.1, -0.05) is 35.9 Å². The molecule has 0 aliphatic heterocycles. The fourth-order valence-electron chi connectivity index (χ4n) is 2.49. The van der Waals surface area contributed by atoms with Crippen molar-refractivity contribution in [3.63, 3.8) is 0 Å². The first kappa shape index (κ1) is 17.5. The van der Waals surface area contributed by atoms with Crippen molar-refractivity contribution in [1.82, 2.24) is 0 Å². The molecule has 0 saturated heterocycles. The Morgan fingerprint density at radius 2 is 1.50 bits per heavy atom. The SMILES string of the molecule is Cc1ccc(OCC(=O)Nc2ccc(Nc3ccccc3C)cc2)cc1. The molecule has 0 spiro atoms. The van der Waals surface area contributed by atoms with Crippen LogP contribution in [0.3, 0.4) is 0 Å². The molecule has 3 aromatic carbocycles. The molecule has 0 aliphatic carbocycles. The van der Waals surface area contributed by atoms with E-state index in [9.17, 15) is 4.79 Å². The molecule has 0 aromatic heterocycles. The molecule has 0 unspecified atom stereocenters. The number of carbonyl (C=O) groups is 1. The zero-order valence-corrected chi connectivity index (χ0v) is 15.0. The number of nitrogens with one attached hydrogen (secondary N) is 2. The van der Waals surface area contributed by atoms with E-state index in [1.807, 2.05) is 73.7 Å². The highest BCUT2D eigenvalue weighted by molar-refractivity contribution is 5.92. The third-order valence-corrected chi connectivity index (χ3v) is 3.98. The molecule has 0 aliphatic rings. The molecule has 26 heavy (non-hydrogen) atoms. The van der Waals surface area contributed by atoms with Crippen molar-refractivity contribution in [1.29, 1.82) is 0 Å². The van der Waals surface area contributed by atoms with Crippen LogP contribution in [0.4, 0.5) is 17.1 Å². The van der Waals surface area contributed by atoms with Crippen molar-refractivity contribution < 1.29 is 9.53 Å². The molecule has 0 fully saturated rings. The number of aryl methyl sites for hydroxylation is 2. The number of ether oxygens (including phenoxy) is 1. The molecule has 4 nitrogen and oxygen atoms in total. The topological polar surface area (TPSA) is 50.4 Å². The van der Waals surface area contributed by atoms with Crippen LogP contribution in [0.1, 0.15) is 11.1 Å². The summed E-state index contributed by atoms with van der Waals surface area (Å²) in [5, 5.41) is 6.20. The van der Waals surface area contributed by atoms with Crippen LogP contribution < -0.4 is 15.4 Å². The predicted octanol–water partition coefficient (Wildman–Crippen LogP) is 5.06. The molecular weight excluding hydrogens is 324 g/mol. The van der Waals surface area contributed by atoms with Crippen molar-refractivity contribution in [2.24, 2.45) is 0 Å². The highest BCUT2D eigenvalue weighted by atomic mass is 16.5. The van der Waals surface area contributed by atoms with Gasteiger partial charge in [0.05, 0.1) is 0 Å². The van der Waals surface area contributed by atoms with Gasteiger partial charge >= 0.3 is 0 Å². The quantitative estimate of drug-likeness (QED) is 0.655. The average Bonchev–Trinajstić information content (AvgIpc) is 2.65. The van der Waals surface area contributed by atoms with E-state index in [4.69, 9.17) is 4.74 Å². The third kappa shape index (κ3) is 4.86. The van der Waals surface area contributed by atoms with Crippen molar-refractivity contribution >= 4 is 23.0 Å². The molecule has 0 atom stereocenters. The van der Waals surface area contributed by atoms with Gasteiger partial charge in [-0.05, 0) is 61.9 Å². The molecule has 4 heteroatoms. The second-order valence-corrected chi connectivity index (χ2v) is 6.17. The van der Waals surface area contributed by atoms with Gasteiger partial charge in [0.15, 0.2) is 6.61 Å². The first-order chi connectivity index (χ1) is 12.6. The Labute approximate surface area is 153 Å². The zero-order valence-electron chi connectivity index (χ0n) is 15.0. The minimum Gasteiger partial charge on any atom is -0.484 e. The highest BCUT2D eigenvalue weighted by Crippen LogP contribution is 2.21. The van der Waals surface area contributed by atoms with Crippen LogP contribution in [-0.4, -0.2) is 12.5 Å². The smallest absolute Gasteiger partial charge is 0.262 e. The number of hydrogen-bond acceptors (Lipinski definition) is 3. The van der Waals surface area contributed by atoms with Gasteiger partial charge in [0.1, 0.15) is 5.75 Å². The number of rotatable bonds is 6. The van der Waals surface area contributed by atoms with Crippen LogP contribution in [0.2, 0.25) is 0 Å². The van der Waals surface area contributed by atoms with Crippen LogP contribution in [-0.2, 0) is 4.79 Å². The Morgan fingerprint density at radius 3 is 2.19 bits per heavy atom. The van der Waals surface area contributed by atoms with Gasteiger partial charge in [0.2, 0.25) is 0 Å². The van der Waals surface area contributed by atoms with Gasteiger partial charge in [0, 0.05) is 17.1 Å². The summed E-state index contributed by atoms with van der Waals surface area (Å²) in [4.78, 5) is 12.0. The van der Waals surface area contributed by atoms with E-state index >= 15 is 0 Å². The monoisotopic (exact) mass is 346 g/mol. The van der Waals surface area contributed by atoms with Crippen molar-refractivity contribution in [2.75, 3.05) is 17.2 Å². The van der Waals surface area contributed by atoms with Gasteiger partial charge < -0.3 is 15.4 Å². The summed E-state index contributed by atoms with van der Waals surface area (Å²) in [5.41, 5.74) is 5.10. The Kier molecular flexibility index (Phi) is 5.54. The van der Waals surface area contributed by atoms with Crippen LogP contribution in [0.15, 0.2) is 72.8 Å². The molecule has 0 saturated carbocycles. The summed E-state index contributed by atoms with van der Waals surface area (Å²) in [5.74, 6) is 0.494. The largest absolute Gasteiger partial charge is 0.484 e. The fraction of sp³-hybridized carbons (Fsp3) is 0.136. The lowest BCUT2D eigenvalue weighted by Gasteiger charge is -2.11. The summed E-state index contributed by atoms with van der Waals surface area (Å²) in [7, 11) is 0. The van der Waals surface area contributed by atoms with E-state index in [0.717, 1.165) is 22.6 Å². The first-order valence-corrected chi connectivity index (χ1v) is 8.52. The summed E-state index contributed by atoms with van der Waals surface area (Å²) < 4.78 is 5.49. The maximum Gasteiger partial charge on any atom is 0.262 e. The fourth-order valence-corrected chi connectivity index (χ4v) is 2.49. The van der Waals surface area contributed by atoms with Crippen LogP contribution in [0.25, 0.3) is 0 Å². The number of para-hydroxylation sites is 1. The van der Waals surface area contributed by atoms with Crippen molar-refractivity contribution in [3.05, 3.63) is 83.9 Å². The van der Waals surface area contributed by atoms with Gasteiger partial charge in [-0.25, -0.2) is 0 Å². The summed E-state index contributed by atoms with van der Waals surface area (Å²) in [6, 6.07) is 23.3. The molecule has 2 N–H and O–H groups in total. The van der Waals surface area contributed by atoms with Crippen LogP contribution in [0.5, 0.6) is 5.75 Å². The number of carbonyl (C=O) groups excluding carboxylic acids is 1. The minimum atomic E-state index is -0.190. The van der Waals surface area contributed by atoms with Gasteiger partial charge in [-0.2, -0.15) is 0 Å². The summed E-state index contributed by atoms with van der Waals surface area (Å²) in [6.07, 6.45) is 0. The van der Waals surface area contributed by atoms with E-state index in [2.05, 4.69) is 23.6 Å². The number of hydrogen-bond donors (Lipinski definition) is 2. The normalized spacial score (nSPS) is 10.2. The maximum absolute atomic E-state index is 12.0. The van der Waals surface area contributed by atoms with Gasteiger partial charge in [0.25, 0.3) is 5.91 Å². The molecule has 132 valence electrons. The second kappa shape index (κ2) is 8.21. The van der Waals surface area contributed by atoms with E-state index in [1.54, 1.807) is 0 Å². The first-order valence-electron chi connectivity index (χ1n) is 8.52. The highest BCUT2D eigenvalue weighted by Gasteiger charge is 2.04. The maximum atomic E-state index is 12.0. The lowest BCUT2D eigenvalue weighted by Crippen LogP contribution is -2.20.